The molecule has 1 aliphatic heterocycles. The van der Waals surface area contributed by atoms with E-state index in [2.05, 4.69) is 21.0 Å². The van der Waals surface area contributed by atoms with Crippen LogP contribution in [0.15, 0.2) is 29.4 Å². The van der Waals surface area contributed by atoms with Gasteiger partial charge in [-0.15, -0.1) is 0 Å². The average Bonchev–Trinajstić information content (AvgIpc) is 2.62. The lowest BCUT2D eigenvalue weighted by molar-refractivity contribution is 0.103. The summed E-state index contributed by atoms with van der Waals surface area (Å²) >= 11 is 8.13. The van der Waals surface area contributed by atoms with Crippen molar-refractivity contribution in [2.45, 2.75) is 24.8 Å². The second-order valence-electron chi connectivity index (χ2n) is 6.02. The van der Waals surface area contributed by atoms with E-state index in [1.807, 2.05) is 18.2 Å². The number of hydrogen-bond donors (Lipinski definition) is 2. The molecule has 0 radical (unpaired) electrons. The van der Waals surface area contributed by atoms with E-state index in [1.165, 1.54) is 11.8 Å². The number of halogens is 1. The van der Waals surface area contributed by atoms with Gasteiger partial charge in [0.1, 0.15) is 0 Å². The molecule has 8 heteroatoms. The third kappa shape index (κ3) is 3.23. The van der Waals surface area contributed by atoms with E-state index in [-0.39, 0.29) is 5.95 Å². The molecule has 2 aromatic carbocycles. The number of benzene rings is 2. The second-order valence-corrected chi connectivity index (χ2v) is 7.48. The van der Waals surface area contributed by atoms with E-state index in [4.69, 9.17) is 27.8 Å². The summed E-state index contributed by atoms with van der Waals surface area (Å²) in [5, 5.41) is 3.34. The average molecular weight is 388 g/mol. The van der Waals surface area contributed by atoms with Crippen LogP contribution in [0.4, 0.5) is 5.95 Å². The molecule has 0 amide bonds. The number of thioether (sulfide) groups is 1. The second kappa shape index (κ2) is 7.36. The highest BCUT2D eigenvalue weighted by atomic mass is 35.5. The maximum Gasteiger partial charge on any atom is 0.224 e. The predicted octanol–water partition coefficient (Wildman–Crippen LogP) is 3.40. The Morgan fingerprint density at radius 1 is 1.15 bits per heavy atom. The monoisotopic (exact) mass is 387 g/mol. The van der Waals surface area contributed by atoms with Crippen molar-refractivity contribution < 1.29 is 4.74 Å². The van der Waals surface area contributed by atoms with Crippen LogP contribution >= 0.6 is 23.4 Å². The van der Waals surface area contributed by atoms with E-state index in [0.29, 0.717) is 35.8 Å². The summed E-state index contributed by atoms with van der Waals surface area (Å²) in [7, 11) is 0. The lowest BCUT2D eigenvalue weighted by Crippen LogP contribution is -2.07. The van der Waals surface area contributed by atoms with Crippen molar-refractivity contribution in [1.82, 2.24) is 15.0 Å². The normalized spacial score (nSPS) is 13.3. The zero-order chi connectivity index (χ0) is 18.1. The largest absolute Gasteiger partial charge is 0.372 e. The number of nitrogens with zero attached hydrogens (tertiary/aromatic N) is 3. The standard InChI is InChI=1S/C18H18ClN5OS/c19-13-7-11-9-25-8-10-3-1-4-12(14(10)11)15(13)16-22-17(21)24-18(23-16)26-6-2-5-20/h1,3-4,7H,2,5-6,8-9,20H2,(H2,21,22,23,24). The van der Waals surface area contributed by atoms with Gasteiger partial charge < -0.3 is 16.2 Å². The number of anilines is 1. The molecule has 0 bridgehead atoms. The summed E-state index contributed by atoms with van der Waals surface area (Å²) in [5.74, 6) is 1.51. The summed E-state index contributed by atoms with van der Waals surface area (Å²) in [6.07, 6.45) is 0.882. The molecule has 0 saturated heterocycles. The van der Waals surface area contributed by atoms with Crippen LogP contribution in [-0.4, -0.2) is 27.2 Å². The van der Waals surface area contributed by atoms with Gasteiger partial charge in [-0.05, 0) is 40.9 Å². The van der Waals surface area contributed by atoms with Crippen molar-refractivity contribution >= 4 is 40.1 Å². The number of hydrogen-bond acceptors (Lipinski definition) is 7. The highest BCUT2D eigenvalue weighted by Crippen LogP contribution is 2.39. The Kier molecular flexibility index (Phi) is 4.95. The first-order valence-corrected chi connectivity index (χ1v) is 9.69. The van der Waals surface area contributed by atoms with Crippen molar-refractivity contribution in [3.8, 4) is 11.4 Å². The molecule has 1 aliphatic rings. The van der Waals surface area contributed by atoms with Gasteiger partial charge in [0.05, 0.1) is 18.2 Å². The molecule has 3 aromatic rings. The van der Waals surface area contributed by atoms with Gasteiger partial charge in [-0.3, -0.25) is 0 Å². The molecular formula is C18H18ClN5OS. The van der Waals surface area contributed by atoms with E-state index >= 15 is 0 Å². The first-order chi connectivity index (χ1) is 12.7. The number of rotatable bonds is 5. The van der Waals surface area contributed by atoms with Crippen molar-refractivity contribution in [3.63, 3.8) is 0 Å². The number of nitrogens with two attached hydrogens (primary N) is 2. The van der Waals surface area contributed by atoms with Crippen LogP contribution in [0.1, 0.15) is 17.5 Å². The van der Waals surface area contributed by atoms with Gasteiger partial charge in [-0.25, -0.2) is 4.98 Å². The molecule has 0 unspecified atom stereocenters. The predicted molar refractivity (Wildman–Crippen MR) is 105 cm³/mol. The summed E-state index contributed by atoms with van der Waals surface area (Å²) in [6.45, 7) is 1.77. The van der Waals surface area contributed by atoms with Gasteiger partial charge in [0.15, 0.2) is 11.0 Å². The highest BCUT2D eigenvalue weighted by molar-refractivity contribution is 7.99. The Morgan fingerprint density at radius 2 is 2.00 bits per heavy atom. The van der Waals surface area contributed by atoms with Crippen molar-refractivity contribution in [2.75, 3.05) is 18.0 Å². The highest BCUT2D eigenvalue weighted by Gasteiger charge is 2.20. The van der Waals surface area contributed by atoms with Gasteiger partial charge in [-0.2, -0.15) is 9.97 Å². The molecule has 2 heterocycles. The van der Waals surface area contributed by atoms with Crippen molar-refractivity contribution in [2.24, 2.45) is 5.73 Å². The number of nitrogen functional groups attached to an aromatic ring is 1. The Hall–Kier alpha value is -1.93. The van der Waals surface area contributed by atoms with Crippen LogP contribution in [0.2, 0.25) is 5.02 Å². The fraction of sp³-hybridized carbons (Fsp3) is 0.278. The summed E-state index contributed by atoms with van der Waals surface area (Å²) in [4.78, 5) is 13.2. The Labute approximate surface area is 160 Å². The third-order valence-corrected chi connectivity index (χ3v) is 5.46. The summed E-state index contributed by atoms with van der Waals surface area (Å²) in [6, 6.07) is 8.04. The molecular weight excluding hydrogens is 370 g/mol. The van der Waals surface area contributed by atoms with Crippen LogP contribution in [0, 0.1) is 0 Å². The summed E-state index contributed by atoms with van der Waals surface area (Å²) in [5.41, 5.74) is 14.5. The maximum absolute atomic E-state index is 6.61. The first-order valence-electron chi connectivity index (χ1n) is 8.33. The molecule has 0 fully saturated rings. The summed E-state index contributed by atoms with van der Waals surface area (Å²) < 4.78 is 5.65. The zero-order valence-corrected chi connectivity index (χ0v) is 15.6. The minimum atomic E-state index is 0.185. The molecule has 4 rings (SSSR count). The smallest absolute Gasteiger partial charge is 0.224 e. The SMILES string of the molecule is NCCCSc1nc(N)nc(-c2c(Cl)cc3c4c(cccc24)COC3)n1. The Balaban J connectivity index is 1.87. The fourth-order valence-corrected chi connectivity index (χ4v) is 4.26. The molecule has 1 aromatic heterocycles. The molecule has 26 heavy (non-hydrogen) atoms. The van der Waals surface area contributed by atoms with Crippen LogP contribution < -0.4 is 11.5 Å². The molecule has 0 saturated carbocycles. The van der Waals surface area contributed by atoms with Gasteiger partial charge >= 0.3 is 0 Å². The minimum Gasteiger partial charge on any atom is -0.372 e. The fourth-order valence-electron chi connectivity index (χ4n) is 3.14. The quantitative estimate of drug-likeness (QED) is 0.511. The Morgan fingerprint density at radius 3 is 2.85 bits per heavy atom. The van der Waals surface area contributed by atoms with Crippen LogP contribution in [-0.2, 0) is 18.0 Å². The first kappa shape index (κ1) is 17.5. The third-order valence-electron chi connectivity index (χ3n) is 4.23. The van der Waals surface area contributed by atoms with Gasteiger partial charge in [0.2, 0.25) is 5.95 Å². The molecule has 0 spiro atoms. The lowest BCUT2D eigenvalue weighted by Gasteiger charge is -2.20. The van der Waals surface area contributed by atoms with Crippen LogP contribution in [0.3, 0.4) is 0 Å². The molecule has 6 nitrogen and oxygen atoms in total. The van der Waals surface area contributed by atoms with E-state index in [9.17, 15) is 0 Å². The van der Waals surface area contributed by atoms with E-state index < -0.39 is 0 Å². The van der Waals surface area contributed by atoms with Crippen LogP contribution in [0.25, 0.3) is 22.2 Å². The van der Waals surface area contributed by atoms with Crippen molar-refractivity contribution in [3.05, 3.63) is 40.4 Å². The van der Waals surface area contributed by atoms with Gasteiger partial charge in [-0.1, -0.05) is 41.6 Å². The van der Waals surface area contributed by atoms with E-state index in [1.54, 1.807) is 0 Å². The van der Waals surface area contributed by atoms with Crippen molar-refractivity contribution in [1.29, 1.82) is 0 Å². The van der Waals surface area contributed by atoms with E-state index in [0.717, 1.165) is 39.6 Å². The molecule has 0 atom stereocenters. The molecule has 4 N–H and O–H groups in total. The number of aromatic nitrogens is 3. The lowest BCUT2D eigenvalue weighted by atomic mass is 9.94. The van der Waals surface area contributed by atoms with Crippen LogP contribution in [0.5, 0.6) is 0 Å². The Bertz CT molecular complexity index is 981. The molecule has 134 valence electrons. The maximum atomic E-state index is 6.61. The number of ether oxygens (including phenoxy) is 1. The topological polar surface area (TPSA) is 99.9 Å². The van der Waals surface area contributed by atoms with Gasteiger partial charge in [0, 0.05) is 11.3 Å². The van der Waals surface area contributed by atoms with Gasteiger partial charge in [0.25, 0.3) is 0 Å². The zero-order valence-electron chi connectivity index (χ0n) is 14.0. The molecule has 0 aliphatic carbocycles. The minimum absolute atomic E-state index is 0.185.